The van der Waals surface area contributed by atoms with E-state index in [1.807, 2.05) is 29.2 Å². The molecule has 3 atom stereocenters. The van der Waals surface area contributed by atoms with Crippen LogP contribution in [0.2, 0.25) is 0 Å². The van der Waals surface area contributed by atoms with E-state index in [1.54, 1.807) is 7.11 Å². The van der Waals surface area contributed by atoms with Gasteiger partial charge in [-0.25, -0.2) is 4.79 Å². The third-order valence-corrected chi connectivity index (χ3v) is 7.04. The first-order valence-electron chi connectivity index (χ1n) is 12.7. The lowest BCUT2D eigenvalue weighted by Crippen LogP contribution is -2.68. The van der Waals surface area contributed by atoms with Crippen molar-refractivity contribution < 1.29 is 14.6 Å². The van der Waals surface area contributed by atoms with Crippen molar-refractivity contribution in [2.75, 3.05) is 38.7 Å². The summed E-state index contributed by atoms with van der Waals surface area (Å²) in [5, 5.41) is 13.2. The van der Waals surface area contributed by atoms with E-state index in [0.29, 0.717) is 12.5 Å². The standard InChI is InChI=1S/C29H37N3O3/c1-21(2)7-6-8-22-9-11-23(12-10-22)28-26-19-31(17-4-5-18-32(26)27(28)20-33)29(34)30-24-13-15-25(35-3)16-14-24/h9-16,21,26-28,33H,4-5,7,17-20H2,1-3H3,(H,30,34)/t26-,27+,28+/m1/s1. The highest BCUT2D eigenvalue weighted by Crippen LogP contribution is 2.42. The number of benzene rings is 2. The second-order valence-corrected chi connectivity index (χ2v) is 9.91. The van der Waals surface area contributed by atoms with E-state index in [9.17, 15) is 9.90 Å². The van der Waals surface area contributed by atoms with Crippen LogP contribution < -0.4 is 10.1 Å². The molecule has 2 saturated heterocycles. The van der Waals surface area contributed by atoms with Crippen molar-refractivity contribution in [1.82, 2.24) is 9.80 Å². The van der Waals surface area contributed by atoms with Gasteiger partial charge in [-0.2, -0.15) is 0 Å². The topological polar surface area (TPSA) is 65.0 Å². The molecule has 0 spiro atoms. The van der Waals surface area contributed by atoms with Crippen molar-refractivity contribution in [3.05, 3.63) is 59.7 Å². The molecule has 0 radical (unpaired) electrons. The summed E-state index contributed by atoms with van der Waals surface area (Å²) in [6.07, 6.45) is 2.85. The predicted octanol–water partition coefficient (Wildman–Crippen LogP) is 4.55. The molecule has 0 aromatic heterocycles. The number of carbonyl (C=O) groups is 1. The summed E-state index contributed by atoms with van der Waals surface area (Å²) in [6, 6.07) is 16.0. The van der Waals surface area contributed by atoms with E-state index in [0.717, 1.165) is 49.4 Å². The molecule has 2 aliphatic heterocycles. The third-order valence-electron chi connectivity index (χ3n) is 7.04. The number of hydrogen-bond acceptors (Lipinski definition) is 4. The molecule has 2 amide bonds. The number of urea groups is 1. The summed E-state index contributed by atoms with van der Waals surface area (Å²) in [7, 11) is 1.63. The molecular formula is C29H37N3O3. The summed E-state index contributed by atoms with van der Waals surface area (Å²) in [6.45, 7) is 6.79. The number of amides is 2. The molecule has 2 aliphatic rings. The van der Waals surface area contributed by atoms with Gasteiger partial charge in [0.1, 0.15) is 5.75 Å². The number of aliphatic hydroxyl groups excluding tert-OH is 1. The maximum atomic E-state index is 13.2. The van der Waals surface area contributed by atoms with E-state index in [-0.39, 0.29) is 30.6 Å². The fourth-order valence-corrected chi connectivity index (χ4v) is 5.15. The molecule has 0 aliphatic carbocycles. The minimum Gasteiger partial charge on any atom is -0.497 e. The van der Waals surface area contributed by atoms with Gasteiger partial charge in [-0.15, -0.1) is 0 Å². The zero-order chi connectivity index (χ0) is 24.8. The van der Waals surface area contributed by atoms with Crippen LogP contribution in [-0.2, 0) is 0 Å². The maximum Gasteiger partial charge on any atom is 0.321 e. The van der Waals surface area contributed by atoms with Gasteiger partial charge in [0.2, 0.25) is 0 Å². The lowest BCUT2D eigenvalue weighted by Gasteiger charge is -2.57. The molecule has 6 heteroatoms. The number of ether oxygens (including phenoxy) is 1. The Hall–Kier alpha value is -3.01. The fraction of sp³-hybridized carbons (Fsp3) is 0.483. The Kier molecular flexibility index (Phi) is 8.33. The number of fused-ring (bicyclic) bond motifs is 1. The van der Waals surface area contributed by atoms with Gasteiger partial charge in [-0.05, 0) is 67.3 Å². The van der Waals surface area contributed by atoms with Crippen molar-refractivity contribution in [2.24, 2.45) is 5.92 Å². The van der Waals surface area contributed by atoms with E-state index in [2.05, 4.69) is 60.2 Å². The van der Waals surface area contributed by atoms with Gasteiger partial charge in [0.05, 0.1) is 13.7 Å². The summed E-state index contributed by atoms with van der Waals surface area (Å²) >= 11 is 0. The zero-order valence-electron chi connectivity index (χ0n) is 21.0. The molecule has 2 heterocycles. The Labute approximate surface area is 209 Å². The van der Waals surface area contributed by atoms with Gasteiger partial charge < -0.3 is 20.1 Å². The molecule has 35 heavy (non-hydrogen) atoms. The number of aliphatic hydroxyl groups is 1. The van der Waals surface area contributed by atoms with Crippen molar-refractivity contribution >= 4 is 11.7 Å². The molecule has 0 unspecified atom stereocenters. The van der Waals surface area contributed by atoms with Crippen LogP contribution in [0.4, 0.5) is 10.5 Å². The van der Waals surface area contributed by atoms with Crippen LogP contribution in [0.15, 0.2) is 48.5 Å². The SMILES string of the molecule is COc1ccc(NC(=O)N2CCCCN3[C@H](C2)[C@H](c2ccc(C#CCC(C)C)cc2)[C@@H]3CO)cc1. The summed E-state index contributed by atoms with van der Waals surface area (Å²) in [5.74, 6) is 8.01. The van der Waals surface area contributed by atoms with E-state index in [4.69, 9.17) is 4.74 Å². The monoisotopic (exact) mass is 475 g/mol. The van der Waals surface area contributed by atoms with Crippen molar-refractivity contribution in [3.8, 4) is 17.6 Å². The maximum absolute atomic E-state index is 13.2. The first-order chi connectivity index (χ1) is 17.0. The van der Waals surface area contributed by atoms with Gasteiger partial charge in [0.15, 0.2) is 0 Å². The molecule has 0 saturated carbocycles. The number of rotatable bonds is 5. The van der Waals surface area contributed by atoms with Crippen molar-refractivity contribution in [3.63, 3.8) is 0 Å². The molecular weight excluding hydrogens is 438 g/mol. The molecule has 186 valence electrons. The molecule has 2 fully saturated rings. The molecule has 6 nitrogen and oxygen atoms in total. The van der Waals surface area contributed by atoms with E-state index >= 15 is 0 Å². The third kappa shape index (κ3) is 5.98. The van der Waals surface area contributed by atoms with Crippen LogP contribution >= 0.6 is 0 Å². The molecule has 2 N–H and O–H groups in total. The number of hydrogen-bond donors (Lipinski definition) is 2. The van der Waals surface area contributed by atoms with Crippen molar-refractivity contribution in [2.45, 2.75) is 51.1 Å². The number of carbonyl (C=O) groups excluding carboxylic acids is 1. The highest BCUT2D eigenvalue weighted by molar-refractivity contribution is 5.89. The fourth-order valence-electron chi connectivity index (χ4n) is 5.15. The summed E-state index contributed by atoms with van der Waals surface area (Å²) in [5.41, 5.74) is 2.97. The average molecular weight is 476 g/mol. The Morgan fingerprint density at radius 1 is 1.11 bits per heavy atom. The molecule has 0 bridgehead atoms. The minimum atomic E-state index is -0.0843. The quantitative estimate of drug-likeness (QED) is 0.623. The van der Waals surface area contributed by atoms with Crippen LogP contribution in [0.3, 0.4) is 0 Å². The van der Waals surface area contributed by atoms with Gasteiger partial charge in [0, 0.05) is 48.8 Å². The normalized spacial score (nSPS) is 22.2. The lowest BCUT2D eigenvalue weighted by molar-refractivity contribution is -0.0585. The van der Waals surface area contributed by atoms with Crippen LogP contribution in [-0.4, -0.2) is 66.4 Å². The summed E-state index contributed by atoms with van der Waals surface area (Å²) < 4.78 is 5.21. The lowest BCUT2D eigenvalue weighted by atomic mass is 9.74. The van der Waals surface area contributed by atoms with Gasteiger partial charge in [-0.3, -0.25) is 4.90 Å². The first kappa shape index (κ1) is 25.1. The van der Waals surface area contributed by atoms with Crippen LogP contribution in [0.5, 0.6) is 5.75 Å². The second kappa shape index (κ2) is 11.6. The number of nitrogens with zero attached hydrogens (tertiary/aromatic N) is 2. The average Bonchev–Trinajstić information content (AvgIpc) is 2.84. The summed E-state index contributed by atoms with van der Waals surface area (Å²) in [4.78, 5) is 17.5. The van der Waals surface area contributed by atoms with Crippen molar-refractivity contribution in [1.29, 1.82) is 0 Å². The molecule has 2 aromatic rings. The largest absolute Gasteiger partial charge is 0.497 e. The van der Waals surface area contributed by atoms with Gasteiger partial charge >= 0.3 is 6.03 Å². The first-order valence-corrected chi connectivity index (χ1v) is 12.7. The number of anilines is 1. The molecule has 2 aromatic carbocycles. The Morgan fingerprint density at radius 2 is 1.83 bits per heavy atom. The Bertz CT molecular complexity index is 1040. The van der Waals surface area contributed by atoms with E-state index in [1.165, 1.54) is 5.56 Å². The van der Waals surface area contributed by atoms with Crippen LogP contribution in [0, 0.1) is 17.8 Å². The highest BCUT2D eigenvalue weighted by Gasteiger charge is 2.49. The van der Waals surface area contributed by atoms with Gasteiger partial charge in [0.25, 0.3) is 0 Å². The predicted molar refractivity (Wildman–Crippen MR) is 140 cm³/mol. The zero-order valence-corrected chi connectivity index (χ0v) is 21.0. The van der Waals surface area contributed by atoms with Crippen LogP contribution in [0.1, 0.15) is 50.2 Å². The smallest absolute Gasteiger partial charge is 0.321 e. The highest BCUT2D eigenvalue weighted by atomic mass is 16.5. The minimum absolute atomic E-state index is 0.0843. The van der Waals surface area contributed by atoms with Gasteiger partial charge in [-0.1, -0.05) is 37.8 Å². The number of nitrogens with one attached hydrogen (secondary N) is 1. The second-order valence-electron chi connectivity index (χ2n) is 9.91. The van der Waals surface area contributed by atoms with Crippen LogP contribution in [0.25, 0.3) is 0 Å². The van der Waals surface area contributed by atoms with E-state index < -0.39 is 0 Å². The molecule has 4 rings (SSSR count). The Balaban J connectivity index is 1.47. The number of methoxy groups -OCH3 is 1. The Morgan fingerprint density at radius 3 is 2.49 bits per heavy atom.